The van der Waals surface area contributed by atoms with Gasteiger partial charge in [-0.1, -0.05) is 19.1 Å². The SMILES string of the molecule is CC1CCC(O)(CNC(C)c2ccc(O)cc2)CC1. The molecule has 0 radical (unpaired) electrons. The summed E-state index contributed by atoms with van der Waals surface area (Å²) in [6, 6.07) is 7.42. The van der Waals surface area contributed by atoms with Gasteiger partial charge in [0.15, 0.2) is 0 Å². The van der Waals surface area contributed by atoms with E-state index < -0.39 is 5.60 Å². The Morgan fingerprint density at radius 3 is 2.42 bits per heavy atom. The fourth-order valence-corrected chi connectivity index (χ4v) is 2.70. The van der Waals surface area contributed by atoms with Gasteiger partial charge in [0.2, 0.25) is 0 Å². The number of hydrogen-bond donors (Lipinski definition) is 3. The van der Waals surface area contributed by atoms with Crippen molar-refractivity contribution in [1.82, 2.24) is 5.32 Å². The molecule has 1 unspecified atom stereocenters. The van der Waals surface area contributed by atoms with Gasteiger partial charge in [-0.25, -0.2) is 0 Å². The monoisotopic (exact) mass is 263 g/mol. The van der Waals surface area contributed by atoms with Crippen molar-refractivity contribution < 1.29 is 10.2 Å². The first-order valence-corrected chi connectivity index (χ1v) is 7.23. The van der Waals surface area contributed by atoms with Gasteiger partial charge in [0.05, 0.1) is 5.60 Å². The molecule has 106 valence electrons. The third-order valence-electron chi connectivity index (χ3n) is 4.34. The van der Waals surface area contributed by atoms with Crippen LogP contribution in [0.4, 0.5) is 0 Å². The van der Waals surface area contributed by atoms with Gasteiger partial charge in [-0.05, 0) is 56.2 Å². The minimum absolute atomic E-state index is 0.184. The molecule has 0 amide bonds. The van der Waals surface area contributed by atoms with E-state index in [2.05, 4.69) is 19.2 Å². The molecule has 19 heavy (non-hydrogen) atoms. The molecule has 3 nitrogen and oxygen atoms in total. The van der Waals surface area contributed by atoms with E-state index in [0.717, 1.165) is 37.2 Å². The van der Waals surface area contributed by atoms with Crippen molar-refractivity contribution in [3.8, 4) is 5.75 Å². The predicted octanol–water partition coefficient (Wildman–Crippen LogP) is 2.98. The molecular formula is C16H25NO2. The number of phenols is 1. The van der Waals surface area contributed by atoms with Gasteiger partial charge >= 0.3 is 0 Å². The molecule has 3 heteroatoms. The number of aromatic hydroxyl groups is 1. The van der Waals surface area contributed by atoms with Gasteiger partial charge in [0.1, 0.15) is 5.75 Å². The highest BCUT2D eigenvalue weighted by Crippen LogP contribution is 2.31. The van der Waals surface area contributed by atoms with Crippen molar-refractivity contribution in [2.45, 2.75) is 51.2 Å². The van der Waals surface area contributed by atoms with Crippen LogP contribution in [0.1, 0.15) is 51.1 Å². The van der Waals surface area contributed by atoms with E-state index >= 15 is 0 Å². The molecule has 1 saturated carbocycles. The first kappa shape index (κ1) is 14.4. The molecule has 2 rings (SSSR count). The molecule has 1 aliphatic carbocycles. The second-order valence-corrected chi connectivity index (χ2v) is 6.10. The highest BCUT2D eigenvalue weighted by atomic mass is 16.3. The zero-order valence-electron chi connectivity index (χ0n) is 11.9. The Hall–Kier alpha value is -1.06. The average molecular weight is 263 g/mol. The highest BCUT2D eigenvalue weighted by molar-refractivity contribution is 5.27. The first-order chi connectivity index (χ1) is 8.98. The van der Waals surface area contributed by atoms with Gasteiger partial charge in [-0.3, -0.25) is 0 Å². The van der Waals surface area contributed by atoms with E-state index in [9.17, 15) is 10.2 Å². The molecule has 0 spiro atoms. The maximum absolute atomic E-state index is 10.5. The van der Waals surface area contributed by atoms with Crippen molar-refractivity contribution in [3.63, 3.8) is 0 Å². The van der Waals surface area contributed by atoms with Gasteiger partial charge < -0.3 is 15.5 Å². The van der Waals surface area contributed by atoms with E-state index in [-0.39, 0.29) is 11.8 Å². The zero-order valence-corrected chi connectivity index (χ0v) is 11.9. The molecule has 0 aliphatic heterocycles. The van der Waals surface area contributed by atoms with Gasteiger partial charge in [0.25, 0.3) is 0 Å². The summed E-state index contributed by atoms with van der Waals surface area (Å²) in [4.78, 5) is 0. The van der Waals surface area contributed by atoms with Crippen LogP contribution in [-0.4, -0.2) is 22.4 Å². The number of benzene rings is 1. The van der Waals surface area contributed by atoms with Gasteiger partial charge in [-0.15, -0.1) is 0 Å². The molecule has 0 aromatic heterocycles. The molecule has 1 aliphatic rings. The van der Waals surface area contributed by atoms with Crippen LogP contribution in [0.5, 0.6) is 5.75 Å². The lowest BCUT2D eigenvalue weighted by Gasteiger charge is -2.36. The zero-order chi connectivity index (χ0) is 13.9. The van der Waals surface area contributed by atoms with Crippen molar-refractivity contribution in [2.75, 3.05) is 6.54 Å². The third-order valence-corrected chi connectivity index (χ3v) is 4.34. The average Bonchev–Trinajstić information content (AvgIpc) is 2.41. The van der Waals surface area contributed by atoms with Gasteiger partial charge in [-0.2, -0.15) is 0 Å². The van der Waals surface area contributed by atoms with Crippen LogP contribution in [0.15, 0.2) is 24.3 Å². The smallest absolute Gasteiger partial charge is 0.115 e. The Bertz CT molecular complexity index is 394. The van der Waals surface area contributed by atoms with Crippen LogP contribution >= 0.6 is 0 Å². The molecule has 1 aromatic rings. The summed E-state index contributed by atoms with van der Waals surface area (Å²) in [7, 11) is 0. The maximum Gasteiger partial charge on any atom is 0.115 e. The van der Waals surface area contributed by atoms with E-state index in [1.807, 2.05) is 12.1 Å². The number of nitrogens with one attached hydrogen (secondary N) is 1. The lowest BCUT2D eigenvalue weighted by Crippen LogP contribution is -2.44. The summed E-state index contributed by atoms with van der Waals surface area (Å²) in [5.74, 6) is 1.03. The molecule has 3 N–H and O–H groups in total. The second-order valence-electron chi connectivity index (χ2n) is 6.10. The summed E-state index contributed by atoms with van der Waals surface area (Å²) < 4.78 is 0. The Kier molecular flexibility index (Phi) is 4.48. The van der Waals surface area contributed by atoms with Crippen LogP contribution in [-0.2, 0) is 0 Å². The lowest BCUT2D eigenvalue weighted by atomic mass is 9.79. The quantitative estimate of drug-likeness (QED) is 0.782. The van der Waals surface area contributed by atoms with E-state index in [4.69, 9.17) is 0 Å². The Morgan fingerprint density at radius 1 is 1.26 bits per heavy atom. The van der Waals surface area contributed by atoms with Crippen molar-refractivity contribution in [2.24, 2.45) is 5.92 Å². The van der Waals surface area contributed by atoms with Crippen molar-refractivity contribution in [3.05, 3.63) is 29.8 Å². The number of aliphatic hydroxyl groups is 1. The topological polar surface area (TPSA) is 52.5 Å². The molecule has 0 saturated heterocycles. The number of rotatable bonds is 4. The van der Waals surface area contributed by atoms with Crippen LogP contribution in [0.25, 0.3) is 0 Å². The van der Waals surface area contributed by atoms with E-state index in [1.54, 1.807) is 12.1 Å². The molecule has 1 aromatic carbocycles. The van der Waals surface area contributed by atoms with Crippen molar-refractivity contribution >= 4 is 0 Å². The third kappa shape index (κ3) is 3.95. The van der Waals surface area contributed by atoms with Crippen LogP contribution in [0, 0.1) is 5.92 Å². The van der Waals surface area contributed by atoms with Gasteiger partial charge in [0, 0.05) is 12.6 Å². The fourth-order valence-electron chi connectivity index (χ4n) is 2.70. The molecule has 1 atom stereocenters. The van der Waals surface area contributed by atoms with Crippen molar-refractivity contribution in [1.29, 1.82) is 0 Å². The Morgan fingerprint density at radius 2 is 1.84 bits per heavy atom. The second kappa shape index (κ2) is 5.93. The Balaban J connectivity index is 1.86. The largest absolute Gasteiger partial charge is 0.508 e. The van der Waals surface area contributed by atoms with E-state index in [0.29, 0.717) is 6.54 Å². The summed E-state index contributed by atoms with van der Waals surface area (Å²) in [6.07, 6.45) is 4.02. The minimum atomic E-state index is -0.544. The number of phenolic OH excluding ortho intramolecular Hbond substituents is 1. The normalized spacial score (nSPS) is 29.1. The predicted molar refractivity (Wildman–Crippen MR) is 77.1 cm³/mol. The molecular weight excluding hydrogens is 238 g/mol. The summed E-state index contributed by atoms with van der Waals surface area (Å²) in [5.41, 5.74) is 0.586. The summed E-state index contributed by atoms with van der Waals surface area (Å²) >= 11 is 0. The molecule has 0 heterocycles. The van der Waals surface area contributed by atoms with E-state index in [1.165, 1.54) is 0 Å². The summed E-state index contributed by atoms with van der Waals surface area (Å²) in [6.45, 7) is 4.98. The number of hydrogen-bond acceptors (Lipinski definition) is 3. The first-order valence-electron chi connectivity index (χ1n) is 7.23. The summed E-state index contributed by atoms with van der Waals surface area (Å²) in [5, 5.41) is 23.2. The van der Waals surface area contributed by atoms with Crippen LogP contribution in [0.3, 0.4) is 0 Å². The maximum atomic E-state index is 10.5. The minimum Gasteiger partial charge on any atom is -0.508 e. The van der Waals surface area contributed by atoms with Crippen LogP contribution in [0.2, 0.25) is 0 Å². The lowest BCUT2D eigenvalue weighted by molar-refractivity contribution is -0.00784. The molecule has 0 bridgehead atoms. The Labute approximate surface area is 115 Å². The fraction of sp³-hybridized carbons (Fsp3) is 0.625. The molecule has 1 fully saturated rings. The van der Waals surface area contributed by atoms with Crippen LogP contribution < -0.4 is 5.32 Å². The standard InChI is InChI=1S/C16H25NO2/c1-12-7-9-16(19,10-8-12)11-17-13(2)14-3-5-15(18)6-4-14/h3-6,12-13,17-19H,7-11H2,1-2H3. The highest BCUT2D eigenvalue weighted by Gasteiger charge is 2.31.